The zero-order valence-corrected chi connectivity index (χ0v) is 9.86. The highest BCUT2D eigenvalue weighted by atomic mass is 32.2. The van der Waals surface area contributed by atoms with Crippen LogP contribution in [0.15, 0.2) is 23.1 Å². The van der Waals surface area contributed by atoms with Gasteiger partial charge in [-0.3, -0.25) is 0 Å². The third-order valence-corrected chi connectivity index (χ3v) is 2.97. The van der Waals surface area contributed by atoms with Crippen molar-refractivity contribution in [3.8, 4) is 0 Å². The highest BCUT2D eigenvalue weighted by Gasteiger charge is 1.97. The van der Waals surface area contributed by atoms with Gasteiger partial charge in [0.2, 0.25) is 0 Å². The van der Waals surface area contributed by atoms with Crippen LogP contribution in [0.5, 0.6) is 0 Å². The molecule has 78 valence electrons. The number of nitrogens with two attached hydrogens (primary N) is 1. The van der Waals surface area contributed by atoms with E-state index in [1.807, 2.05) is 11.8 Å². The number of hydrogen-bond acceptors (Lipinski definition) is 2. The molecule has 0 radical (unpaired) electrons. The normalized spacial score (nSPS) is 10.5. The average Bonchev–Trinajstić information content (AvgIpc) is 2.17. The van der Waals surface area contributed by atoms with Crippen molar-refractivity contribution in [2.75, 3.05) is 12.8 Å². The second-order valence-electron chi connectivity index (χ2n) is 3.60. The first kappa shape index (κ1) is 11.6. The second-order valence-corrected chi connectivity index (χ2v) is 4.48. The molecule has 0 saturated heterocycles. The number of unbranched alkanes of at least 4 members (excludes halogenated alkanes) is 1. The molecule has 0 unspecified atom stereocenters. The molecule has 2 heteroatoms. The summed E-state index contributed by atoms with van der Waals surface area (Å²) in [6.45, 7) is 2.97. The summed E-state index contributed by atoms with van der Waals surface area (Å²) in [5.41, 5.74) is 8.28. The molecule has 0 saturated carbocycles. The van der Waals surface area contributed by atoms with Crippen LogP contribution in [-0.2, 0) is 6.42 Å². The maximum absolute atomic E-state index is 5.47. The minimum atomic E-state index is 0.807. The van der Waals surface area contributed by atoms with Crippen LogP contribution in [0.2, 0.25) is 0 Å². The summed E-state index contributed by atoms with van der Waals surface area (Å²) in [5.74, 6) is 0. The molecule has 0 fully saturated rings. The first-order valence-corrected chi connectivity index (χ1v) is 6.33. The van der Waals surface area contributed by atoms with Crippen LogP contribution >= 0.6 is 11.8 Å². The van der Waals surface area contributed by atoms with Crippen LogP contribution in [0.25, 0.3) is 0 Å². The Bertz CT molecular complexity index is 284. The fourth-order valence-corrected chi connectivity index (χ4v) is 2.13. The van der Waals surface area contributed by atoms with E-state index >= 15 is 0 Å². The van der Waals surface area contributed by atoms with Crippen LogP contribution in [0, 0.1) is 6.92 Å². The predicted octanol–water partition coefficient (Wildman–Crippen LogP) is 3.00. The molecule has 1 nitrogen and oxygen atoms in total. The van der Waals surface area contributed by atoms with E-state index in [9.17, 15) is 0 Å². The summed E-state index contributed by atoms with van der Waals surface area (Å²) in [5, 5.41) is 0. The lowest BCUT2D eigenvalue weighted by molar-refractivity contribution is 0.743. The quantitative estimate of drug-likeness (QED) is 0.596. The number of hydrogen-bond donors (Lipinski definition) is 1. The van der Waals surface area contributed by atoms with Gasteiger partial charge in [0.1, 0.15) is 0 Å². The Balaban J connectivity index is 2.62. The van der Waals surface area contributed by atoms with E-state index in [1.54, 1.807) is 0 Å². The Morgan fingerprint density at radius 2 is 2.00 bits per heavy atom. The molecular weight excluding hydrogens is 190 g/mol. The molecule has 14 heavy (non-hydrogen) atoms. The number of benzene rings is 1. The Labute approximate surface area is 91.1 Å². The van der Waals surface area contributed by atoms with Crippen molar-refractivity contribution in [2.45, 2.75) is 31.1 Å². The van der Waals surface area contributed by atoms with Crippen molar-refractivity contribution in [3.05, 3.63) is 29.3 Å². The van der Waals surface area contributed by atoms with E-state index in [-0.39, 0.29) is 0 Å². The molecule has 0 amide bonds. The van der Waals surface area contributed by atoms with Crippen molar-refractivity contribution in [1.82, 2.24) is 0 Å². The van der Waals surface area contributed by atoms with Crippen molar-refractivity contribution >= 4 is 11.8 Å². The lowest BCUT2D eigenvalue weighted by atomic mass is 10.1. The largest absolute Gasteiger partial charge is 0.330 e. The number of thioether (sulfide) groups is 1. The minimum Gasteiger partial charge on any atom is -0.330 e. The van der Waals surface area contributed by atoms with Gasteiger partial charge in [0.15, 0.2) is 0 Å². The first-order valence-electron chi connectivity index (χ1n) is 5.11. The van der Waals surface area contributed by atoms with Gasteiger partial charge in [0, 0.05) is 4.90 Å². The minimum absolute atomic E-state index is 0.807. The van der Waals surface area contributed by atoms with Crippen LogP contribution < -0.4 is 5.73 Å². The molecule has 1 rings (SSSR count). The van der Waals surface area contributed by atoms with Crippen LogP contribution in [-0.4, -0.2) is 12.8 Å². The Morgan fingerprint density at radius 1 is 1.21 bits per heavy atom. The smallest absolute Gasteiger partial charge is 0.00745 e. The molecule has 2 N–H and O–H groups in total. The van der Waals surface area contributed by atoms with Gasteiger partial charge in [-0.1, -0.05) is 6.07 Å². The van der Waals surface area contributed by atoms with Gasteiger partial charge >= 0.3 is 0 Å². The highest BCUT2D eigenvalue weighted by molar-refractivity contribution is 7.98. The Morgan fingerprint density at radius 3 is 2.64 bits per heavy atom. The molecule has 0 aliphatic rings. The molecular formula is C12H19NS. The molecule has 0 heterocycles. The van der Waals surface area contributed by atoms with Gasteiger partial charge < -0.3 is 5.73 Å². The third-order valence-electron chi connectivity index (χ3n) is 2.27. The van der Waals surface area contributed by atoms with E-state index in [0.717, 1.165) is 19.4 Å². The third kappa shape index (κ3) is 3.72. The molecule has 1 aromatic rings. The fourth-order valence-electron chi connectivity index (χ4n) is 1.56. The summed E-state index contributed by atoms with van der Waals surface area (Å²) >= 11 is 1.81. The topological polar surface area (TPSA) is 26.0 Å². The molecule has 0 atom stereocenters. The summed E-state index contributed by atoms with van der Waals surface area (Å²) in [4.78, 5) is 1.37. The second kappa shape index (κ2) is 6.10. The van der Waals surface area contributed by atoms with Crippen molar-refractivity contribution in [1.29, 1.82) is 0 Å². The molecule has 0 spiro atoms. The lowest BCUT2D eigenvalue weighted by Crippen LogP contribution is -1.99. The Hall–Kier alpha value is -0.470. The monoisotopic (exact) mass is 209 g/mol. The van der Waals surface area contributed by atoms with Crippen molar-refractivity contribution in [2.24, 2.45) is 5.73 Å². The summed E-state index contributed by atoms with van der Waals surface area (Å²) < 4.78 is 0. The van der Waals surface area contributed by atoms with E-state index in [1.165, 1.54) is 22.4 Å². The maximum atomic E-state index is 5.47. The van der Waals surface area contributed by atoms with Gasteiger partial charge in [-0.15, -0.1) is 11.8 Å². The molecule has 0 aromatic heterocycles. The fraction of sp³-hybridized carbons (Fsp3) is 0.500. The zero-order chi connectivity index (χ0) is 10.4. The standard InChI is InChI=1S/C12H19NS/c1-10-7-11(5-3-4-6-13)9-12(8-10)14-2/h7-9H,3-6,13H2,1-2H3. The van der Waals surface area contributed by atoms with Crippen LogP contribution in [0.4, 0.5) is 0 Å². The summed E-state index contributed by atoms with van der Waals surface area (Å²) in [7, 11) is 0. The zero-order valence-electron chi connectivity index (χ0n) is 9.05. The Kier molecular flexibility index (Phi) is 5.05. The van der Waals surface area contributed by atoms with E-state index in [0.29, 0.717) is 0 Å². The molecule has 0 bridgehead atoms. The van der Waals surface area contributed by atoms with Gasteiger partial charge in [0.05, 0.1) is 0 Å². The van der Waals surface area contributed by atoms with Gasteiger partial charge in [-0.2, -0.15) is 0 Å². The van der Waals surface area contributed by atoms with Crippen LogP contribution in [0.3, 0.4) is 0 Å². The maximum Gasteiger partial charge on any atom is 0.00745 e. The SMILES string of the molecule is CSc1cc(C)cc(CCCCN)c1. The molecule has 0 aliphatic heterocycles. The van der Waals surface area contributed by atoms with Gasteiger partial charge in [0.25, 0.3) is 0 Å². The molecule has 1 aromatic carbocycles. The van der Waals surface area contributed by atoms with E-state index in [4.69, 9.17) is 5.73 Å². The first-order chi connectivity index (χ1) is 6.76. The number of aryl methyl sites for hydroxylation is 2. The van der Waals surface area contributed by atoms with Gasteiger partial charge in [-0.05, 0) is 62.2 Å². The van der Waals surface area contributed by atoms with E-state index < -0.39 is 0 Å². The van der Waals surface area contributed by atoms with Crippen LogP contribution in [0.1, 0.15) is 24.0 Å². The predicted molar refractivity (Wildman–Crippen MR) is 65.0 cm³/mol. The van der Waals surface area contributed by atoms with Crippen molar-refractivity contribution < 1.29 is 0 Å². The highest BCUT2D eigenvalue weighted by Crippen LogP contribution is 2.19. The van der Waals surface area contributed by atoms with E-state index in [2.05, 4.69) is 31.4 Å². The summed E-state index contributed by atoms with van der Waals surface area (Å²) in [6.07, 6.45) is 5.61. The number of rotatable bonds is 5. The summed E-state index contributed by atoms with van der Waals surface area (Å²) in [6, 6.07) is 6.79. The van der Waals surface area contributed by atoms with Crippen molar-refractivity contribution in [3.63, 3.8) is 0 Å². The van der Waals surface area contributed by atoms with Gasteiger partial charge in [-0.25, -0.2) is 0 Å². The average molecular weight is 209 g/mol. The molecule has 0 aliphatic carbocycles. The lowest BCUT2D eigenvalue weighted by Gasteiger charge is -2.05.